The van der Waals surface area contributed by atoms with Crippen LogP contribution in [0.2, 0.25) is 0 Å². The zero-order valence-electron chi connectivity index (χ0n) is 12.2. The van der Waals surface area contributed by atoms with Crippen molar-refractivity contribution in [1.82, 2.24) is 4.90 Å². The monoisotopic (exact) mass is 284 g/mol. The van der Waals surface area contributed by atoms with Crippen molar-refractivity contribution in [2.75, 3.05) is 19.4 Å². The number of nitrogens with two attached hydrogens (primary N) is 1. The van der Waals surface area contributed by atoms with E-state index in [0.717, 1.165) is 37.3 Å². The molecule has 0 aromatic heterocycles. The Morgan fingerprint density at radius 2 is 2.14 bits per heavy atom. The first kappa shape index (κ1) is 13.8. The van der Waals surface area contributed by atoms with Crippen LogP contribution in [-0.2, 0) is 19.5 Å². The summed E-state index contributed by atoms with van der Waals surface area (Å²) in [6.45, 7) is 2.66. The van der Waals surface area contributed by atoms with Gasteiger partial charge in [-0.1, -0.05) is 18.2 Å². The van der Waals surface area contributed by atoms with Gasteiger partial charge in [-0.05, 0) is 41.3 Å². The van der Waals surface area contributed by atoms with Crippen LogP contribution in [0.3, 0.4) is 0 Å². The summed E-state index contributed by atoms with van der Waals surface area (Å²) in [6.07, 6.45) is 1.02. The maximum atomic E-state index is 9.86. The molecule has 0 saturated heterocycles. The Labute approximate surface area is 124 Å². The normalized spacial score (nSPS) is 14.7. The van der Waals surface area contributed by atoms with Gasteiger partial charge in [-0.2, -0.15) is 0 Å². The summed E-state index contributed by atoms with van der Waals surface area (Å²) >= 11 is 0. The molecule has 0 spiro atoms. The highest BCUT2D eigenvalue weighted by Gasteiger charge is 2.18. The predicted molar refractivity (Wildman–Crippen MR) is 83.3 cm³/mol. The molecule has 4 nitrogen and oxygen atoms in total. The molecule has 110 valence electrons. The van der Waals surface area contributed by atoms with Crippen LogP contribution in [0.15, 0.2) is 36.4 Å². The predicted octanol–water partition coefficient (Wildman–Crippen LogP) is 2.54. The fourth-order valence-corrected chi connectivity index (χ4v) is 2.89. The third kappa shape index (κ3) is 2.81. The molecular weight excluding hydrogens is 264 g/mol. The summed E-state index contributed by atoms with van der Waals surface area (Å²) in [6, 6.07) is 11.7. The Bertz CT molecular complexity index is 655. The van der Waals surface area contributed by atoms with E-state index >= 15 is 0 Å². The van der Waals surface area contributed by atoms with Gasteiger partial charge in [-0.15, -0.1) is 0 Å². The van der Waals surface area contributed by atoms with Gasteiger partial charge in [0.25, 0.3) is 0 Å². The van der Waals surface area contributed by atoms with Gasteiger partial charge in [0.2, 0.25) is 0 Å². The van der Waals surface area contributed by atoms with Crippen molar-refractivity contribution in [1.29, 1.82) is 0 Å². The second kappa shape index (κ2) is 5.66. The zero-order chi connectivity index (χ0) is 14.8. The molecule has 0 fully saturated rings. The molecule has 0 saturated carbocycles. The average molecular weight is 284 g/mol. The average Bonchev–Trinajstić information content (AvgIpc) is 2.48. The van der Waals surface area contributed by atoms with Gasteiger partial charge < -0.3 is 15.6 Å². The van der Waals surface area contributed by atoms with Crippen LogP contribution in [0.1, 0.15) is 16.7 Å². The Balaban J connectivity index is 1.75. The van der Waals surface area contributed by atoms with Gasteiger partial charge in [0.05, 0.1) is 7.11 Å². The second-order valence-corrected chi connectivity index (χ2v) is 5.45. The second-order valence-electron chi connectivity index (χ2n) is 5.45. The molecule has 0 bridgehead atoms. The lowest BCUT2D eigenvalue weighted by Gasteiger charge is -2.29. The van der Waals surface area contributed by atoms with E-state index in [1.165, 1.54) is 11.1 Å². The van der Waals surface area contributed by atoms with E-state index in [9.17, 15) is 5.11 Å². The number of nitrogen functional groups attached to an aromatic ring is 1. The van der Waals surface area contributed by atoms with E-state index in [4.69, 9.17) is 10.5 Å². The van der Waals surface area contributed by atoms with E-state index in [1.807, 2.05) is 18.2 Å². The lowest BCUT2D eigenvalue weighted by Crippen LogP contribution is -2.30. The van der Waals surface area contributed by atoms with Crippen molar-refractivity contribution >= 4 is 5.69 Å². The number of hydrogen-bond donors (Lipinski definition) is 2. The molecule has 2 aromatic rings. The Kier molecular flexibility index (Phi) is 3.71. The van der Waals surface area contributed by atoms with E-state index in [2.05, 4.69) is 11.0 Å². The van der Waals surface area contributed by atoms with Gasteiger partial charge >= 0.3 is 0 Å². The third-order valence-corrected chi connectivity index (χ3v) is 4.04. The molecular formula is C17H20N2O2. The Hall–Kier alpha value is -2.20. The number of fused-ring (bicyclic) bond motifs is 1. The maximum Gasteiger partial charge on any atom is 0.160 e. The van der Waals surface area contributed by atoms with E-state index < -0.39 is 0 Å². The number of phenols is 1. The third-order valence-electron chi connectivity index (χ3n) is 4.04. The number of phenolic OH excluding ortho intramolecular Hbond substituents is 1. The van der Waals surface area contributed by atoms with Gasteiger partial charge in [0, 0.05) is 25.3 Å². The minimum absolute atomic E-state index is 0.187. The number of rotatable bonds is 3. The van der Waals surface area contributed by atoms with Crippen LogP contribution >= 0.6 is 0 Å². The van der Waals surface area contributed by atoms with Gasteiger partial charge in [0.1, 0.15) is 0 Å². The summed E-state index contributed by atoms with van der Waals surface area (Å²) in [7, 11) is 1.55. The number of benzene rings is 2. The molecule has 0 atom stereocenters. The molecule has 4 heteroatoms. The van der Waals surface area contributed by atoms with Crippen LogP contribution < -0.4 is 10.5 Å². The zero-order valence-corrected chi connectivity index (χ0v) is 12.2. The highest BCUT2D eigenvalue weighted by atomic mass is 16.5. The van der Waals surface area contributed by atoms with Crippen molar-refractivity contribution in [3.63, 3.8) is 0 Å². The molecule has 2 aromatic carbocycles. The van der Waals surface area contributed by atoms with Gasteiger partial charge in [-0.25, -0.2) is 0 Å². The summed E-state index contributed by atoms with van der Waals surface area (Å²) < 4.78 is 5.07. The molecule has 0 radical (unpaired) electrons. The number of nitrogens with zero attached hydrogens (tertiary/aromatic N) is 1. The number of ether oxygens (including phenoxy) is 1. The standard InChI is InChI=1S/C17H20N2O2/c1-21-17-6-5-12(9-16(17)20)10-19-8-7-13-3-2-4-15(18)14(13)11-19/h2-6,9,20H,7-8,10-11,18H2,1H3. The van der Waals surface area contributed by atoms with E-state index in [1.54, 1.807) is 19.2 Å². The molecule has 1 aliphatic heterocycles. The van der Waals surface area contributed by atoms with E-state index in [0.29, 0.717) is 5.75 Å². The van der Waals surface area contributed by atoms with Crippen LogP contribution in [-0.4, -0.2) is 23.7 Å². The summed E-state index contributed by atoms with van der Waals surface area (Å²) in [5.41, 5.74) is 10.6. The van der Waals surface area contributed by atoms with Crippen molar-refractivity contribution in [3.05, 3.63) is 53.1 Å². The summed E-state index contributed by atoms with van der Waals surface area (Å²) in [5, 5.41) is 9.86. The molecule has 21 heavy (non-hydrogen) atoms. The number of anilines is 1. The topological polar surface area (TPSA) is 58.7 Å². The van der Waals surface area contributed by atoms with Gasteiger partial charge in [-0.3, -0.25) is 4.90 Å². The Morgan fingerprint density at radius 1 is 1.29 bits per heavy atom. The smallest absolute Gasteiger partial charge is 0.160 e. The Morgan fingerprint density at radius 3 is 2.90 bits per heavy atom. The first-order valence-electron chi connectivity index (χ1n) is 7.12. The van der Waals surface area contributed by atoms with E-state index in [-0.39, 0.29) is 5.75 Å². The molecule has 0 aliphatic carbocycles. The highest BCUT2D eigenvalue weighted by molar-refractivity contribution is 5.51. The highest BCUT2D eigenvalue weighted by Crippen LogP contribution is 2.29. The first-order chi connectivity index (χ1) is 10.2. The fourth-order valence-electron chi connectivity index (χ4n) is 2.89. The molecule has 1 heterocycles. The van der Waals surface area contributed by atoms with Crippen molar-refractivity contribution in [2.45, 2.75) is 19.5 Å². The maximum absolute atomic E-state index is 9.86. The van der Waals surface area contributed by atoms with Crippen LogP contribution in [0, 0.1) is 0 Å². The fraction of sp³-hybridized carbons (Fsp3) is 0.294. The molecule has 0 unspecified atom stereocenters. The lowest BCUT2D eigenvalue weighted by atomic mass is 9.98. The largest absolute Gasteiger partial charge is 0.504 e. The number of methoxy groups -OCH3 is 1. The van der Waals surface area contributed by atoms with Crippen LogP contribution in [0.25, 0.3) is 0 Å². The minimum Gasteiger partial charge on any atom is -0.504 e. The number of aromatic hydroxyl groups is 1. The van der Waals surface area contributed by atoms with Gasteiger partial charge in [0.15, 0.2) is 11.5 Å². The van der Waals surface area contributed by atoms with Crippen LogP contribution in [0.4, 0.5) is 5.69 Å². The van der Waals surface area contributed by atoms with Crippen LogP contribution in [0.5, 0.6) is 11.5 Å². The SMILES string of the molecule is COc1ccc(CN2CCc3cccc(N)c3C2)cc1O. The van der Waals surface area contributed by atoms with Crippen molar-refractivity contribution in [3.8, 4) is 11.5 Å². The first-order valence-corrected chi connectivity index (χ1v) is 7.12. The lowest BCUT2D eigenvalue weighted by molar-refractivity contribution is 0.245. The summed E-state index contributed by atoms with van der Waals surface area (Å²) in [5.74, 6) is 0.693. The molecule has 0 amide bonds. The van der Waals surface area contributed by atoms with Crippen molar-refractivity contribution in [2.24, 2.45) is 0 Å². The number of hydrogen-bond acceptors (Lipinski definition) is 4. The minimum atomic E-state index is 0.187. The molecule has 3 N–H and O–H groups in total. The quantitative estimate of drug-likeness (QED) is 0.850. The van der Waals surface area contributed by atoms with Crippen molar-refractivity contribution < 1.29 is 9.84 Å². The molecule has 3 rings (SSSR count). The summed E-state index contributed by atoms with van der Waals surface area (Å²) in [4.78, 5) is 2.35. The molecule has 1 aliphatic rings.